The molecule has 0 aromatic heterocycles. The third-order valence-corrected chi connectivity index (χ3v) is 3.35. The topological polar surface area (TPSA) is 30.5 Å². The van der Waals surface area contributed by atoms with Crippen LogP contribution in [0, 0.1) is 11.3 Å². The molecule has 1 rings (SSSR count). The summed E-state index contributed by atoms with van der Waals surface area (Å²) in [7, 11) is 1.82. The number of likely N-dealkylation sites (N-methyl/N-ethyl adjacent to an activating group) is 1. The molecule has 16 heavy (non-hydrogen) atoms. The van der Waals surface area contributed by atoms with Crippen molar-refractivity contribution in [3.63, 3.8) is 0 Å². The van der Waals surface area contributed by atoms with Gasteiger partial charge in [0.25, 0.3) is 0 Å². The zero-order valence-electron chi connectivity index (χ0n) is 11.4. The lowest BCUT2D eigenvalue weighted by Gasteiger charge is -2.39. The first kappa shape index (κ1) is 13.9. The lowest BCUT2D eigenvalue weighted by atomic mass is 9.79. The van der Waals surface area contributed by atoms with Gasteiger partial charge in [0.2, 0.25) is 0 Å². The number of rotatable bonds is 5. The van der Waals surface area contributed by atoms with E-state index in [-0.39, 0.29) is 11.5 Å². The van der Waals surface area contributed by atoms with Crippen LogP contribution in [-0.4, -0.2) is 39.0 Å². The zero-order chi connectivity index (χ0) is 12.2. The summed E-state index contributed by atoms with van der Waals surface area (Å²) in [6, 6.07) is 0.400. The smallest absolute Gasteiger partial charge is 0.0775 e. The molecule has 0 spiro atoms. The van der Waals surface area contributed by atoms with Crippen LogP contribution >= 0.6 is 0 Å². The molecule has 1 aliphatic heterocycles. The number of nitrogens with one attached hydrogen (secondary N) is 1. The maximum Gasteiger partial charge on any atom is 0.0775 e. The maximum atomic E-state index is 5.72. The minimum Gasteiger partial charge on any atom is -0.381 e. The van der Waals surface area contributed by atoms with Crippen molar-refractivity contribution in [3.8, 4) is 0 Å². The fraction of sp³-hybridized carbons (Fsp3) is 1.00. The van der Waals surface area contributed by atoms with Gasteiger partial charge in [-0.3, -0.25) is 0 Å². The molecular formula is C13H27NO2. The predicted octanol–water partition coefficient (Wildman–Crippen LogP) is 2.06. The fourth-order valence-corrected chi connectivity index (χ4v) is 2.63. The van der Waals surface area contributed by atoms with Crippen molar-refractivity contribution >= 4 is 0 Å². The predicted molar refractivity (Wildman–Crippen MR) is 66.6 cm³/mol. The van der Waals surface area contributed by atoms with E-state index in [0.717, 1.165) is 26.2 Å². The van der Waals surface area contributed by atoms with Crippen molar-refractivity contribution < 1.29 is 9.47 Å². The van der Waals surface area contributed by atoms with Gasteiger partial charge in [-0.15, -0.1) is 0 Å². The van der Waals surface area contributed by atoms with E-state index in [1.54, 1.807) is 0 Å². The summed E-state index contributed by atoms with van der Waals surface area (Å²) in [6.07, 6.45) is 1.38. The zero-order valence-corrected chi connectivity index (χ0v) is 11.4. The minimum absolute atomic E-state index is 0.157. The normalized spacial score (nSPS) is 25.7. The van der Waals surface area contributed by atoms with Crippen molar-refractivity contribution in [2.45, 2.75) is 46.3 Å². The van der Waals surface area contributed by atoms with Crippen LogP contribution in [0.3, 0.4) is 0 Å². The first-order valence-electron chi connectivity index (χ1n) is 6.34. The van der Waals surface area contributed by atoms with E-state index in [2.05, 4.69) is 33.0 Å². The SMILES string of the molecule is CCNC(C1CCOC1)C(OC)C(C)(C)C. The second-order valence-electron chi connectivity index (χ2n) is 5.73. The molecule has 0 radical (unpaired) electrons. The molecule has 0 aliphatic carbocycles. The van der Waals surface area contributed by atoms with Crippen LogP contribution in [0.25, 0.3) is 0 Å². The molecule has 3 atom stereocenters. The first-order chi connectivity index (χ1) is 7.50. The Morgan fingerprint density at radius 2 is 2.12 bits per heavy atom. The van der Waals surface area contributed by atoms with Crippen molar-refractivity contribution in [1.29, 1.82) is 0 Å². The summed E-state index contributed by atoms with van der Waals surface area (Å²) in [6.45, 7) is 11.6. The van der Waals surface area contributed by atoms with Crippen LogP contribution < -0.4 is 5.32 Å². The summed E-state index contributed by atoms with van der Waals surface area (Å²) < 4.78 is 11.2. The molecule has 1 N–H and O–H groups in total. The van der Waals surface area contributed by atoms with Gasteiger partial charge in [-0.1, -0.05) is 27.7 Å². The Kier molecular flexibility index (Phi) is 5.22. The van der Waals surface area contributed by atoms with Crippen molar-refractivity contribution in [1.82, 2.24) is 5.32 Å². The Hall–Kier alpha value is -0.120. The summed E-state index contributed by atoms with van der Waals surface area (Å²) in [4.78, 5) is 0. The molecule has 96 valence electrons. The Morgan fingerprint density at radius 1 is 1.44 bits per heavy atom. The Labute approximate surface area is 99.9 Å². The third kappa shape index (κ3) is 3.44. The van der Waals surface area contributed by atoms with Gasteiger partial charge in [0.1, 0.15) is 0 Å². The minimum atomic E-state index is 0.157. The van der Waals surface area contributed by atoms with E-state index in [1.165, 1.54) is 0 Å². The Balaban J connectivity index is 2.72. The summed E-state index contributed by atoms with van der Waals surface area (Å²) >= 11 is 0. The second-order valence-corrected chi connectivity index (χ2v) is 5.73. The number of methoxy groups -OCH3 is 1. The average Bonchev–Trinajstić information content (AvgIpc) is 2.68. The molecule has 0 amide bonds. The molecule has 3 nitrogen and oxygen atoms in total. The maximum absolute atomic E-state index is 5.72. The monoisotopic (exact) mass is 229 g/mol. The average molecular weight is 229 g/mol. The van der Waals surface area contributed by atoms with Crippen LogP contribution in [0.1, 0.15) is 34.1 Å². The summed E-state index contributed by atoms with van der Waals surface area (Å²) in [5, 5.41) is 3.58. The second kappa shape index (κ2) is 5.99. The van der Waals surface area contributed by atoms with Crippen LogP contribution in [0.2, 0.25) is 0 Å². The van der Waals surface area contributed by atoms with Crippen LogP contribution in [0.15, 0.2) is 0 Å². The molecule has 1 fully saturated rings. The highest BCUT2D eigenvalue weighted by Crippen LogP contribution is 2.30. The van der Waals surface area contributed by atoms with Crippen LogP contribution in [0.4, 0.5) is 0 Å². The van der Waals surface area contributed by atoms with Gasteiger partial charge in [-0.25, -0.2) is 0 Å². The Bertz CT molecular complexity index is 195. The van der Waals surface area contributed by atoms with E-state index in [4.69, 9.17) is 9.47 Å². The molecule has 1 saturated heterocycles. The van der Waals surface area contributed by atoms with Gasteiger partial charge in [-0.2, -0.15) is 0 Å². The first-order valence-corrected chi connectivity index (χ1v) is 6.34. The Morgan fingerprint density at radius 3 is 2.50 bits per heavy atom. The lowest BCUT2D eigenvalue weighted by Crippen LogP contribution is -2.52. The van der Waals surface area contributed by atoms with Crippen molar-refractivity contribution in [2.24, 2.45) is 11.3 Å². The van der Waals surface area contributed by atoms with E-state index in [1.807, 2.05) is 7.11 Å². The van der Waals surface area contributed by atoms with Gasteiger partial charge >= 0.3 is 0 Å². The third-order valence-electron chi connectivity index (χ3n) is 3.35. The van der Waals surface area contributed by atoms with E-state index < -0.39 is 0 Å². The highest BCUT2D eigenvalue weighted by Gasteiger charge is 2.38. The molecule has 3 unspecified atom stereocenters. The van der Waals surface area contributed by atoms with Crippen LogP contribution in [0.5, 0.6) is 0 Å². The van der Waals surface area contributed by atoms with Gasteiger partial charge in [0.15, 0.2) is 0 Å². The molecule has 0 aromatic carbocycles. The molecule has 1 heterocycles. The number of hydrogen-bond donors (Lipinski definition) is 1. The van der Waals surface area contributed by atoms with E-state index in [0.29, 0.717) is 12.0 Å². The molecule has 3 heteroatoms. The van der Waals surface area contributed by atoms with E-state index in [9.17, 15) is 0 Å². The lowest BCUT2D eigenvalue weighted by molar-refractivity contribution is -0.0270. The van der Waals surface area contributed by atoms with Gasteiger partial charge in [0.05, 0.1) is 12.7 Å². The fourth-order valence-electron chi connectivity index (χ4n) is 2.63. The van der Waals surface area contributed by atoms with Gasteiger partial charge < -0.3 is 14.8 Å². The molecule has 0 saturated carbocycles. The highest BCUT2D eigenvalue weighted by molar-refractivity contribution is 4.91. The highest BCUT2D eigenvalue weighted by atomic mass is 16.5. The van der Waals surface area contributed by atoms with Crippen molar-refractivity contribution in [2.75, 3.05) is 26.9 Å². The standard InChI is InChI=1S/C13H27NO2/c1-6-14-11(10-7-8-16-9-10)12(15-5)13(2,3)4/h10-12,14H,6-9H2,1-5H3. The van der Waals surface area contributed by atoms with Crippen LogP contribution in [-0.2, 0) is 9.47 Å². The number of hydrogen-bond acceptors (Lipinski definition) is 3. The molecule has 0 aromatic rings. The van der Waals surface area contributed by atoms with Gasteiger partial charge in [-0.05, 0) is 18.4 Å². The molecule has 1 aliphatic rings. The molecular weight excluding hydrogens is 202 g/mol. The number of ether oxygens (including phenoxy) is 2. The summed E-state index contributed by atoms with van der Waals surface area (Å²) in [5.74, 6) is 0.587. The van der Waals surface area contributed by atoms with Crippen molar-refractivity contribution in [3.05, 3.63) is 0 Å². The largest absolute Gasteiger partial charge is 0.381 e. The summed E-state index contributed by atoms with van der Waals surface area (Å²) in [5.41, 5.74) is 0.157. The quantitative estimate of drug-likeness (QED) is 0.783. The molecule has 0 bridgehead atoms. The van der Waals surface area contributed by atoms with Gasteiger partial charge in [0, 0.05) is 25.7 Å². The van der Waals surface area contributed by atoms with E-state index >= 15 is 0 Å².